The second-order valence-corrected chi connectivity index (χ2v) is 6.54. The Labute approximate surface area is 128 Å². The first-order valence-electron chi connectivity index (χ1n) is 8.32. The van der Waals surface area contributed by atoms with E-state index in [1.54, 1.807) is 0 Å². The first kappa shape index (κ1) is 14.5. The van der Waals surface area contributed by atoms with Crippen LogP contribution in [0.2, 0.25) is 0 Å². The van der Waals surface area contributed by atoms with Crippen molar-refractivity contribution in [3.8, 4) is 0 Å². The quantitative estimate of drug-likeness (QED) is 0.832. The van der Waals surface area contributed by atoms with Crippen LogP contribution in [-0.2, 0) is 6.54 Å². The fraction of sp³-hybridized carbons (Fsp3) is 0.526. The molecule has 0 spiro atoms. The highest BCUT2D eigenvalue weighted by molar-refractivity contribution is 5.82. The van der Waals surface area contributed by atoms with Gasteiger partial charge < -0.3 is 5.32 Å². The molecule has 3 rings (SSSR count). The number of para-hydroxylation sites is 1. The molecule has 1 aromatic carbocycles. The maximum absolute atomic E-state index is 4.63. The van der Waals surface area contributed by atoms with Gasteiger partial charge in [-0.3, -0.25) is 4.98 Å². The number of aryl methyl sites for hydroxylation is 1. The smallest absolute Gasteiger partial charge is 0.0708 e. The minimum absolute atomic E-state index is 0.666. The molecule has 1 fully saturated rings. The molecule has 0 bridgehead atoms. The summed E-state index contributed by atoms with van der Waals surface area (Å²) < 4.78 is 0. The molecule has 1 aliphatic rings. The number of hydrogen-bond acceptors (Lipinski definition) is 2. The van der Waals surface area contributed by atoms with Gasteiger partial charge >= 0.3 is 0 Å². The summed E-state index contributed by atoms with van der Waals surface area (Å²) in [4.78, 5) is 4.63. The van der Waals surface area contributed by atoms with Crippen molar-refractivity contribution in [2.75, 3.05) is 0 Å². The average molecular weight is 282 g/mol. The minimum Gasteiger partial charge on any atom is -0.310 e. The normalized spacial score (nSPS) is 23.1. The van der Waals surface area contributed by atoms with Crippen molar-refractivity contribution in [3.63, 3.8) is 0 Å². The zero-order valence-corrected chi connectivity index (χ0v) is 13.2. The summed E-state index contributed by atoms with van der Waals surface area (Å²) >= 11 is 0. The van der Waals surface area contributed by atoms with E-state index in [9.17, 15) is 0 Å². The monoisotopic (exact) mass is 282 g/mol. The van der Waals surface area contributed by atoms with E-state index in [2.05, 4.69) is 54.5 Å². The molecule has 2 heteroatoms. The SMILES string of the molecule is Cc1cc(CNC2CCCCCC2C)c2ccccc2n1. The van der Waals surface area contributed by atoms with Gasteiger partial charge in [-0.1, -0.05) is 44.4 Å². The van der Waals surface area contributed by atoms with Gasteiger partial charge in [0.25, 0.3) is 0 Å². The van der Waals surface area contributed by atoms with Gasteiger partial charge in [-0.15, -0.1) is 0 Å². The standard InChI is InChI=1S/C19H26N2/c1-14-8-4-3-5-10-18(14)20-13-16-12-15(2)21-19-11-7-6-9-17(16)19/h6-7,9,11-12,14,18,20H,3-5,8,10,13H2,1-2H3. The van der Waals surface area contributed by atoms with E-state index in [-0.39, 0.29) is 0 Å². The molecule has 112 valence electrons. The van der Waals surface area contributed by atoms with Gasteiger partial charge in [-0.2, -0.15) is 0 Å². The molecule has 2 nitrogen and oxygen atoms in total. The molecular weight excluding hydrogens is 256 g/mol. The Bertz CT molecular complexity index is 606. The van der Waals surface area contributed by atoms with Crippen LogP contribution in [0.15, 0.2) is 30.3 Å². The number of nitrogens with zero attached hydrogens (tertiary/aromatic N) is 1. The van der Waals surface area contributed by atoms with Crippen molar-refractivity contribution in [3.05, 3.63) is 41.6 Å². The Kier molecular flexibility index (Phi) is 4.54. The lowest BCUT2D eigenvalue weighted by molar-refractivity contribution is 0.356. The number of hydrogen-bond donors (Lipinski definition) is 1. The van der Waals surface area contributed by atoms with Crippen molar-refractivity contribution in [2.24, 2.45) is 5.92 Å². The van der Waals surface area contributed by atoms with E-state index < -0.39 is 0 Å². The van der Waals surface area contributed by atoms with E-state index in [0.717, 1.165) is 23.7 Å². The zero-order chi connectivity index (χ0) is 14.7. The summed E-state index contributed by atoms with van der Waals surface area (Å²) in [6, 6.07) is 11.4. The molecule has 21 heavy (non-hydrogen) atoms. The van der Waals surface area contributed by atoms with Crippen LogP contribution in [0, 0.1) is 12.8 Å². The van der Waals surface area contributed by atoms with E-state index in [4.69, 9.17) is 0 Å². The molecule has 1 aliphatic carbocycles. The Balaban J connectivity index is 1.78. The lowest BCUT2D eigenvalue weighted by Gasteiger charge is -2.23. The first-order valence-corrected chi connectivity index (χ1v) is 8.32. The molecular formula is C19H26N2. The second-order valence-electron chi connectivity index (χ2n) is 6.54. The van der Waals surface area contributed by atoms with Crippen molar-refractivity contribution in [2.45, 2.75) is 58.5 Å². The summed E-state index contributed by atoms with van der Waals surface area (Å²) in [6.45, 7) is 5.45. The maximum atomic E-state index is 4.63. The average Bonchev–Trinajstić information content (AvgIpc) is 2.69. The van der Waals surface area contributed by atoms with Gasteiger partial charge in [0.1, 0.15) is 0 Å². The number of pyridine rings is 1. The largest absolute Gasteiger partial charge is 0.310 e. The molecule has 1 saturated carbocycles. The van der Waals surface area contributed by atoms with E-state index in [1.807, 2.05) is 0 Å². The fourth-order valence-corrected chi connectivity index (χ4v) is 3.58. The summed E-state index contributed by atoms with van der Waals surface area (Å²) in [7, 11) is 0. The molecule has 0 amide bonds. The van der Waals surface area contributed by atoms with Gasteiger partial charge in [0.05, 0.1) is 5.52 Å². The highest BCUT2D eigenvalue weighted by Gasteiger charge is 2.19. The summed E-state index contributed by atoms with van der Waals surface area (Å²) in [5, 5.41) is 5.11. The van der Waals surface area contributed by atoms with Crippen molar-refractivity contribution in [1.82, 2.24) is 10.3 Å². The van der Waals surface area contributed by atoms with E-state index in [0.29, 0.717) is 6.04 Å². The van der Waals surface area contributed by atoms with Crippen LogP contribution in [0.4, 0.5) is 0 Å². The van der Waals surface area contributed by atoms with Crippen LogP contribution < -0.4 is 5.32 Å². The van der Waals surface area contributed by atoms with Crippen LogP contribution in [0.1, 0.15) is 50.3 Å². The van der Waals surface area contributed by atoms with Crippen molar-refractivity contribution >= 4 is 10.9 Å². The Morgan fingerprint density at radius 1 is 1.14 bits per heavy atom. The molecule has 1 N–H and O–H groups in total. The molecule has 0 radical (unpaired) electrons. The predicted octanol–water partition coefficient (Wildman–Crippen LogP) is 4.60. The molecule has 1 aromatic heterocycles. The Morgan fingerprint density at radius 2 is 1.95 bits per heavy atom. The van der Waals surface area contributed by atoms with E-state index in [1.165, 1.54) is 43.1 Å². The minimum atomic E-state index is 0.666. The van der Waals surface area contributed by atoms with Gasteiger partial charge in [-0.05, 0) is 43.4 Å². The summed E-state index contributed by atoms with van der Waals surface area (Å²) in [6.07, 6.45) is 6.87. The third-order valence-corrected chi connectivity index (χ3v) is 4.85. The van der Waals surface area contributed by atoms with Crippen LogP contribution >= 0.6 is 0 Å². The zero-order valence-electron chi connectivity index (χ0n) is 13.2. The molecule has 0 saturated heterocycles. The van der Waals surface area contributed by atoms with Crippen LogP contribution in [0.25, 0.3) is 10.9 Å². The van der Waals surface area contributed by atoms with Crippen LogP contribution in [-0.4, -0.2) is 11.0 Å². The Hall–Kier alpha value is -1.41. The molecule has 1 heterocycles. The molecule has 2 atom stereocenters. The van der Waals surface area contributed by atoms with Gasteiger partial charge in [0, 0.05) is 23.7 Å². The Morgan fingerprint density at radius 3 is 2.86 bits per heavy atom. The number of benzene rings is 1. The summed E-state index contributed by atoms with van der Waals surface area (Å²) in [5.74, 6) is 0.793. The number of nitrogens with one attached hydrogen (secondary N) is 1. The lowest BCUT2D eigenvalue weighted by atomic mass is 9.96. The highest BCUT2D eigenvalue weighted by Crippen LogP contribution is 2.24. The molecule has 2 aromatic rings. The fourth-order valence-electron chi connectivity index (χ4n) is 3.58. The van der Waals surface area contributed by atoms with Gasteiger partial charge in [0.15, 0.2) is 0 Å². The number of fused-ring (bicyclic) bond motifs is 1. The van der Waals surface area contributed by atoms with Crippen LogP contribution in [0.3, 0.4) is 0 Å². The van der Waals surface area contributed by atoms with Gasteiger partial charge in [0.2, 0.25) is 0 Å². The topological polar surface area (TPSA) is 24.9 Å². The van der Waals surface area contributed by atoms with Crippen molar-refractivity contribution in [1.29, 1.82) is 0 Å². The molecule has 0 aliphatic heterocycles. The first-order chi connectivity index (χ1) is 10.2. The second kappa shape index (κ2) is 6.57. The predicted molar refractivity (Wildman–Crippen MR) is 89.4 cm³/mol. The lowest BCUT2D eigenvalue weighted by Crippen LogP contribution is -2.33. The molecule has 2 unspecified atom stereocenters. The summed E-state index contributed by atoms with van der Waals surface area (Å²) in [5.41, 5.74) is 3.61. The van der Waals surface area contributed by atoms with Gasteiger partial charge in [-0.25, -0.2) is 0 Å². The van der Waals surface area contributed by atoms with Crippen molar-refractivity contribution < 1.29 is 0 Å². The number of aromatic nitrogens is 1. The van der Waals surface area contributed by atoms with E-state index >= 15 is 0 Å². The maximum Gasteiger partial charge on any atom is 0.0708 e. The third-order valence-electron chi connectivity index (χ3n) is 4.85. The van der Waals surface area contributed by atoms with Crippen LogP contribution in [0.5, 0.6) is 0 Å². The third kappa shape index (κ3) is 3.44. The highest BCUT2D eigenvalue weighted by atomic mass is 14.9. The number of rotatable bonds is 3.